The van der Waals surface area contributed by atoms with E-state index in [2.05, 4.69) is 63.4 Å². The summed E-state index contributed by atoms with van der Waals surface area (Å²) in [7, 11) is 0. The van der Waals surface area contributed by atoms with Crippen molar-refractivity contribution in [3.63, 3.8) is 0 Å². The topological polar surface area (TPSA) is 65.1 Å². The molecule has 0 saturated heterocycles. The van der Waals surface area contributed by atoms with Crippen LogP contribution >= 0.6 is 35.3 Å². The molecule has 27 heavy (non-hydrogen) atoms. The smallest absolute Gasteiger partial charge is 0.191 e. The Morgan fingerprint density at radius 3 is 2.85 bits per heavy atom. The average Bonchev–Trinajstić information content (AvgIpc) is 3.25. The van der Waals surface area contributed by atoms with Gasteiger partial charge < -0.3 is 15.6 Å². The van der Waals surface area contributed by atoms with Crippen LogP contribution in [-0.4, -0.2) is 35.6 Å². The van der Waals surface area contributed by atoms with E-state index in [1.54, 1.807) is 11.3 Å². The Kier molecular flexibility index (Phi) is 9.06. The van der Waals surface area contributed by atoms with Gasteiger partial charge in [-0.05, 0) is 38.3 Å². The number of halogens is 1. The zero-order chi connectivity index (χ0) is 18.2. The predicted octanol–water partition coefficient (Wildman–Crippen LogP) is 4.28. The number of benzene rings is 1. The van der Waals surface area contributed by atoms with Gasteiger partial charge in [-0.2, -0.15) is 0 Å². The lowest BCUT2D eigenvalue weighted by atomic mass is 10.1. The van der Waals surface area contributed by atoms with E-state index in [0.717, 1.165) is 55.6 Å². The standard InChI is InChI=1S/C20H27N5S.HI/c1-3-21-20(23-12-10-17-14-26-15(2)25-17)22-11-6-7-16-13-24-19-9-5-4-8-18(16)19;/h4-5,8-9,13-14,24H,3,6-7,10-12H2,1-2H3,(H2,21,22,23);1H. The molecule has 0 amide bonds. The summed E-state index contributed by atoms with van der Waals surface area (Å²) in [6.45, 7) is 6.65. The van der Waals surface area contributed by atoms with Crippen LogP contribution in [0.5, 0.6) is 0 Å². The van der Waals surface area contributed by atoms with E-state index < -0.39 is 0 Å². The number of hydrogen-bond acceptors (Lipinski definition) is 3. The van der Waals surface area contributed by atoms with Crippen LogP contribution in [0.25, 0.3) is 10.9 Å². The molecule has 0 fully saturated rings. The molecule has 0 atom stereocenters. The number of thiazole rings is 1. The minimum Gasteiger partial charge on any atom is -0.361 e. The number of rotatable bonds is 8. The molecule has 7 heteroatoms. The van der Waals surface area contributed by atoms with Crippen molar-refractivity contribution in [3.05, 3.63) is 52.1 Å². The van der Waals surface area contributed by atoms with E-state index in [1.165, 1.54) is 16.5 Å². The Morgan fingerprint density at radius 2 is 2.07 bits per heavy atom. The zero-order valence-electron chi connectivity index (χ0n) is 15.9. The number of aromatic nitrogens is 2. The van der Waals surface area contributed by atoms with Crippen LogP contribution in [0.4, 0.5) is 0 Å². The van der Waals surface area contributed by atoms with E-state index in [9.17, 15) is 0 Å². The van der Waals surface area contributed by atoms with E-state index in [4.69, 9.17) is 4.99 Å². The van der Waals surface area contributed by atoms with Gasteiger partial charge in [0, 0.05) is 48.5 Å². The summed E-state index contributed by atoms with van der Waals surface area (Å²) < 4.78 is 0. The van der Waals surface area contributed by atoms with Crippen molar-refractivity contribution in [3.8, 4) is 0 Å². The molecular formula is C20H28IN5S. The summed E-state index contributed by atoms with van der Waals surface area (Å²) in [6.07, 6.45) is 5.10. The summed E-state index contributed by atoms with van der Waals surface area (Å²) >= 11 is 1.70. The lowest BCUT2D eigenvalue weighted by molar-refractivity contribution is 0.772. The Bertz CT molecular complexity index is 855. The third-order valence-corrected chi connectivity index (χ3v) is 5.06. The molecule has 5 nitrogen and oxygen atoms in total. The van der Waals surface area contributed by atoms with Crippen molar-refractivity contribution in [1.82, 2.24) is 20.6 Å². The number of fused-ring (bicyclic) bond motifs is 1. The highest BCUT2D eigenvalue weighted by Crippen LogP contribution is 2.18. The fourth-order valence-corrected chi connectivity index (χ4v) is 3.62. The van der Waals surface area contributed by atoms with Gasteiger partial charge >= 0.3 is 0 Å². The van der Waals surface area contributed by atoms with Crippen molar-refractivity contribution in [1.29, 1.82) is 0 Å². The SMILES string of the molecule is CCNC(=NCCCc1c[nH]c2ccccc12)NCCc1csc(C)n1.I. The highest BCUT2D eigenvalue weighted by molar-refractivity contribution is 14.0. The van der Waals surface area contributed by atoms with Gasteiger partial charge in [0.2, 0.25) is 0 Å². The molecule has 0 unspecified atom stereocenters. The molecule has 1 aromatic carbocycles. The molecular weight excluding hydrogens is 469 g/mol. The molecule has 0 radical (unpaired) electrons. The van der Waals surface area contributed by atoms with Crippen LogP contribution < -0.4 is 10.6 Å². The molecule has 2 heterocycles. The van der Waals surface area contributed by atoms with Crippen LogP contribution in [0.2, 0.25) is 0 Å². The predicted molar refractivity (Wildman–Crippen MR) is 127 cm³/mol. The Hall–Kier alpha value is -1.61. The second kappa shape index (κ2) is 11.3. The van der Waals surface area contributed by atoms with Gasteiger partial charge in [0.1, 0.15) is 0 Å². The van der Waals surface area contributed by atoms with Crippen molar-refractivity contribution in [2.75, 3.05) is 19.6 Å². The minimum atomic E-state index is 0. The average molecular weight is 497 g/mol. The van der Waals surface area contributed by atoms with Crippen molar-refractivity contribution in [2.45, 2.75) is 33.1 Å². The Balaban J connectivity index is 0.00000261. The number of aliphatic imine (C=N–C) groups is 1. The number of guanidine groups is 1. The second-order valence-corrected chi connectivity index (χ2v) is 7.32. The van der Waals surface area contributed by atoms with Crippen molar-refractivity contribution >= 4 is 52.2 Å². The maximum Gasteiger partial charge on any atom is 0.191 e. The van der Waals surface area contributed by atoms with Crippen LogP contribution in [-0.2, 0) is 12.8 Å². The first-order valence-electron chi connectivity index (χ1n) is 9.24. The van der Waals surface area contributed by atoms with E-state index in [0.29, 0.717) is 0 Å². The van der Waals surface area contributed by atoms with Crippen LogP contribution in [0, 0.1) is 6.92 Å². The van der Waals surface area contributed by atoms with E-state index in [1.807, 2.05) is 6.92 Å². The van der Waals surface area contributed by atoms with Gasteiger partial charge in [0.05, 0.1) is 10.7 Å². The number of H-pyrrole nitrogens is 1. The molecule has 2 aromatic heterocycles. The van der Waals surface area contributed by atoms with Crippen LogP contribution in [0.3, 0.4) is 0 Å². The van der Waals surface area contributed by atoms with Crippen molar-refractivity contribution < 1.29 is 0 Å². The monoisotopic (exact) mass is 497 g/mol. The minimum absolute atomic E-state index is 0. The summed E-state index contributed by atoms with van der Waals surface area (Å²) in [4.78, 5) is 12.5. The van der Waals surface area contributed by atoms with E-state index in [-0.39, 0.29) is 24.0 Å². The first-order chi connectivity index (χ1) is 12.8. The summed E-state index contributed by atoms with van der Waals surface area (Å²) in [5.74, 6) is 0.887. The number of nitrogens with one attached hydrogen (secondary N) is 3. The second-order valence-electron chi connectivity index (χ2n) is 6.26. The lowest BCUT2D eigenvalue weighted by Crippen LogP contribution is -2.38. The summed E-state index contributed by atoms with van der Waals surface area (Å²) in [5, 5.41) is 11.3. The first-order valence-corrected chi connectivity index (χ1v) is 10.1. The molecule has 0 saturated carbocycles. The number of aromatic amines is 1. The van der Waals surface area contributed by atoms with Gasteiger partial charge in [0.15, 0.2) is 5.96 Å². The van der Waals surface area contributed by atoms with Gasteiger partial charge in [-0.25, -0.2) is 4.98 Å². The molecule has 3 N–H and O–H groups in total. The highest BCUT2D eigenvalue weighted by atomic mass is 127. The maximum absolute atomic E-state index is 4.70. The Labute approximate surface area is 182 Å². The number of aryl methyl sites for hydroxylation is 2. The molecule has 3 rings (SSSR count). The third kappa shape index (κ3) is 6.49. The molecule has 0 spiro atoms. The summed E-state index contributed by atoms with van der Waals surface area (Å²) in [6, 6.07) is 8.45. The quantitative estimate of drug-likeness (QED) is 0.188. The van der Waals surface area contributed by atoms with Crippen molar-refractivity contribution in [2.24, 2.45) is 4.99 Å². The third-order valence-electron chi connectivity index (χ3n) is 4.23. The highest BCUT2D eigenvalue weighted by Gasteiger charge is 2.03. The molecule has 0 aliphatic carbocycles. The number of para-hydroxylation sites is 1. The van der Waals surface area contributed by atoms with Gasteiger partial charge in [-0.3, -0.25) is 4.99 Å². The molecule has 3 aromatic rings. The first kappa shape index (κ1) is 21.7. The zero-order valence-corrected chi connectivity index (χ0v) is 19.1. The fourth-order valence-electron chi connectivity index (χ4n) is 2.97. The molecule has 0 aliphatic rings. The normalized spacial score (nSPS) is 11.4. The van der Waals surface area contributed by atoms with Gasteiger partial charge in [-0.1, -0.05) is 18.2 Å². The van der Waals surface area contributed by atoms with Crippen LogP contribution in [0.1, 0.15) is 29.6 Å². The number of hydrogen-bond donors (Lipinski definition) is 3. The van der Waals surface area contributed by atoms with E-state index >= 15 is 0 Å². The fraction of sp³-hybridized carbons (Fsp3) is 0.400. The lowest BCUT2D eigenvalue weighted by Gasteiger charge is -2.10. The largest absolute Gasteiger partial charge is 0.361 e. The van der Waals surface area contributed by atoms with Gasteiger partial charge in [-0.15, -0.1) is 35.3 Å². The Morgan fingerprint density at radius 1 is 1.22 bits per heavy atom. The maximum atomic E-state index is 4.70. The molecule has 0 aliphatic heterocycles. The number of nitrogens with zero attached hydrogens (tertiary/aromatic N) is 2. The molecule has 146 valence electrons. The molecule has 0 bridgehead atoms. The summed E-state index contributed by atoms with van der Waals surface area (Å²) in [5.41, 5.74) is 3.72. The van der Waals surface area contributed by atoms with Crippen LogP contribution in [0.15, 0.2) is 40.8 Å². The van der Waals surface area contributed by atoms with Gasteiger partial charge in [0.25, 0.3) is 0 Å².